The van der Waals surface area contributed by atoms with Crippen molar-refractivity contribution >= 4 is 34.2 Å². The molecule has 0 saturated carbocycles. The number of carbonyl (C=O) groups excluding carboxylic acids is 1. The highest BCUT2D eigenvalue weighted by Gasteiger charge is 2.09. The predicted octanol–water partition coefficient (Wildman–Crippen LogP) is 3.82. The number of halogens is 1. The van der Waals surface area contributed by atoms with Crippen molar-refractivity contribution in [3.05, 3.63) is 70.0 Å². The summed E-state index contributed by atoms with van der Waals surface area (Å²) in [6.07, 6.45) is 3.04. The quantitative estimate of drug-likeness (QED) is 0.284. The zero-order valence-corrected chi connectivity index (χ0v) is 15.2. The Balaban J connectivity index is 2.46. The number of hydrogen-bond acceptors (Lipinski definition) is 5. The molecule has 2 N–H and O–H groups in total. The number of amides is 1. The van der Waals surface area contributed by atoms with Crippen molar-refractivity contribution in [2.75, 3.05) is 0 Å². The molecule has 2 aromatic rings. The van der Waals surface area contributed by atoms with Crippen molar-refractivity contribution in [1.29, 1.82) is 5.26 Å². The number of thioether (sulfide) groups is 1. The molecule has 0 unspecified atom stereocenters. The summed E-state index contributed by atoms with van der Waals surface area (Å²) in [5.41, 5.74) is 7.62. The van der Waals surface area contributed by atoms with E-state index in [1.54, 1.807) is 24.3 Å². The molecule has 1 aromatic carbocycles. The Morgan fingerprint density at radius 2 is 1.80 bits per heavy atom. The summed E-state index contributed by atoms with van der Waals surface area (Å²) in [6, 6.07) is 10.9. The van der Waals surface area contributed by atoms with E-state index < -0.39 is 5.91 Å². The van der Waals surface area contributed by atoms with Gasteiger partial charge in [-0.15, -0.1) is 0 Å². The lowest BCUT2D eigenvalue weighted by atomic mass is 10.2. The van der Waals surface area contributed by atoms with Gasteiger partial charge in [-0.1, -0.05) is 23.7 Å². The van der Waals surface area contributed by atoms with Crippen LogP contribution in [-0.2, 0) is 4.79 Å². The lowest BCUT2D eigenvalue weighted by molar-refractivity contribution is -0.114. The molecule has 0 aliphatic heterocycles. The number of aromatic nitrogens is 2. The number of aryl methyl sites for hydroxylation is 2. The second-order valence-corrected chi connectivity index (χ2v) is 6.58. The van der Waals surface area contributed by atoms with Crippen LogP contribution in [-0.4, -0.2) is 15.9 Å². The molecule has 1 heterocycles. The van der Waals surface area contributed by atoms with Gasteiger partial charge in [0.15, 0.2) is 5.16 Å². The largest absolute Gasteiger partial charge is 0.365 e. The molecule has 0 spiro atoms. The van der Waals surface area contributed by atoms with Crippen molar-refractivity contribution in [2.24, 2.45) is 5.73 Å². The number of allylic oxidation sites excluding steroid dienone is 2. The zero-order chi connectivity index (χ0) is 18.4. The first-order valence-corrected chi connectivity index (χ1v) is 8.46. The molecule has 0 radical (unpaired) electrons. The highest BCUT2D eigenvalue weighted by Crippen LogP contribution is 2.33. The minimum atomic E-state index is -0.776. The van der Waals surface area contributed by atoms with E-state index in [0.29, 0.717) is 10.2 Å². The van der Waals surface area contributed by atoms with Crippen LogP contribution in [0, 0.1) is 25.2 Å². The van der Waals surface area contributed by atoms with Crippen LogP contribution in [0.3, 0.4) is 0 Å². The lowest BCUT2D eigenvalue weighted by Gasteiger charge is -2.08. The third-order valence-electron chi connectivity index (χ3n) is 3.08. The van der Waals surface area contributed by atoms with Crippen LogP contribution >= 0.6 is 23.4 Å². The summed E-state index contributed by atoms with van der Waals surface area (Å²) in [6.45, 7) is 3.79. The van der Waals surface area contributed by atoms with Gasteiger partial charge >= 0.3 is 0 Å². The molecule has 5 nitrogen and oxygen atoms in total. The van der Waals surface area contributed by atoms with Crippen LogP contribution in [0.15, 0.2) is 53.2 Å². The van der Waals surface area contributed by atoms with Gasteiger partial charge in [-0.05, 0) is 61.5 Å². The predicted molar refractivity (Wildman–Crippen MR) is 99.7 cm³/mol. The van der Waals surface area contributed by atoms with E-state index >= 15 is 0 Å². The minimum Gasteiger partial charge on any atom is -0.365 e. The maximum Gasteiger partial charge on any atom is 0.259 e. The monoisotopic (exact) mass is 370 g/mol. The molecular formula is C18H15ClN4OS. The van der Waals surface area contributed by atoms with E-state index in [0.717, 1.165) is 21.9 Å². The fraction of sp³-hybridized carbons (Fsp3) is 0.111. The third-order valence-corrected chi connectivity index (χ3v) is 4.29. The molecule has 0 bridgehead atoms. The van der Waals surface area contributed by atoms with Crippen LogP contribution < -0.4 is 5.73 Å². The highest BCUT2D eigenvalue weighted by molar-refractivity contribution is 8.08. The first-order valence-electron chi connectivity index (χ1n) is 7.27. The zero-order valence-electron chi connectivity index (χ0n) is 13.7. The van der Waals surface area contributed by atoms with Gasteiger partial charge in [0.25, 0.3) is 5.91 Å². The van der Waals surface area contributed by atoms with Crippen LogP contribution in [0.25, 0.3) is 4.91 Å². The van der Waals surface area contributed by atoms with E-state index in [1.807, 2.05) is 32.0 Å². The van der Waals surface area contributed by atoms with E-state index in [4.69, 9.17) is 22.6 Å². The minimum absolute atomic E-state index is 0.131. The Bertz CT molecular complexity index is 878. The summed E-state index contributed by atoms with van der Waals surface area (Å²) in [5, 5.41) is 10.2. The average molecular weight is 371 g/mol. The highest BCUT2D eigenvalue weighted by atomic mass is 35.5. The SMILES string of the molecule is Cc1cc(C)nc(S/C(=C\C=C(\C#N)C(N)=O)c2ccc(Cl)cc2)n1. The smallest absolute Gasteiger partial charge is 0.259 e. The van der Waals surface area contributed by atoms with Gasteiger partial charge in [0.05, 0.1) is 0 Å². The first-order chi connectivity index (χ1) is 11.9. The Morgan fingerprint density at radius 1 is 1.20 bits per heavy atom. The molecule has 0 saturated heterocycles. The fourth-order valence-electron chi connectivity index (χ4n) is 1.97. The maximum absolute atomic E-state index is 11.2. The molecular weight excluding hydrogens is 356 g/mol. The van der Waals surface area contributed by atoms with Crippen LogP contribution in [0.2, 0.25) is 5.02 Å². The summed E-state index contributed by atoms with van der Waals surface area (Å²) in [7, 11) is 0. The van der Waals surface area contributed by atoms with Crippen LogP contribution in [0.1, 0.15) is 17.0 Å². The Hall–Kier alpha value is -2.62. The number of nitrogens with zero attached hydrogens (tertiary/aromatic N) is 3. The molecule has 0 aliphatic carbocycles. The Morgan fingerprint density at radius 3 is 2.32 bits per heavy atom. The molecule has 126 valence electrons. The second-order valence-electron chi connectivity index (χ2n) is 5.13. The number of rotatable bonds is 5. The second kappa shape index (κ2) is 8.47. The summed E-state index contributed by atoms with van der Waals surface area (Å²) >= 11 is 7.27. The van der Waals surface area contributed by atoms with Gasteiger partial charge in [-0.25, -0.2) is 9.97 Å². The van der Waals surface area contributed by atoms with Crippen molar-refractivity contribution in [3.63, 3.8) is 0 Å². The van der Waals surface area contributed by atoms with E-state index in [1.165, 1.54) is 17.8 Å². The molecule has 1 amide bonds. The summed E-state index contributed by atoms with van der Waals surface area (Å²) in [5.74, 6) is -0.776. The van der Waals surface area contributed by atoms with Crippen molar-refractivity contribution in [3.8, 4) is 6.07 Å². The van der Waals surface area contributed by atoms with Gasteiger partial charge in [0.1, 0.15) is 11.6 Å². The molecule has 0 fully saturated rings. The number of benzene rings is 1. The number of nitriles is 1. The third kappa shape index (κ3) is 5.45. The maximum atomic E-state index is 11.2. The number of hydrogen-bond donors (Lipinski definition) is 1. The molecule has 7 heteroatoms. The first kappa shape index (κ1) is 18.7. The normalized spacial score (nSPS) is 11.9. The van der Waals surface area contributed by atoms with Crippen LogP contribution in [0.5, 0.6) is 0 Å². The molecule has 0 aliphatic rings. The standard InChI is InChI=1S/C18H15ClN4OS/c1-11-9-12(2)23-18(22-11)25-16(8-5-14(10-20)17(21)24)13-3-6-15(19)7-4-13/h3-9H,1-2H3,(H2,21,24)/b14-5-,16-8-. The van der Waals surface area contributed by atoms with Crippen molar-refractivity contribution in [1.82, 2.24) is 9.97 Å². The van der Waals surface area contributed by atoms with Gasteiger partial charge in [-0.3, -0.25) is 4.79 Å². The average Bonchev–Trinajstić information content (AvgIpc) is 2.54. The van der Waals surface area contributed by atoms with Crippen LogP contribution in [0.4, 0.5) is 0 Å². The number of primary amides is 1. The number of carbonyl (C=O) groups is 1. The molecule has 0 atom stereocenters. The number of nitrogens with two attached hydrogens (primary N) is 1. The summed E-state index contributed by atoms with van der Waals surface area (Å²) < 4.78 is 0. The summed E-state index contributed by atoms with van der Waals surface area (Å²) in [4.78, 5) is 20.8. The van der Waals surface area contributed by atoms with E-state index in [2.05, 4.69) is 9.97 Å². The molecule has 2 rings (SSSR count). The van der Waals surface area contributed by atoms with Gasteiger partial charge in [0, 0.05) is 21.3 Å². The van der Waals surface area contributed by atoms with Crippen molar-refractivity contribution in [2.45, 2.75) is 19.0 Å². The topological polar surface area (TPSA) is 92.7 Å². The molecule has 25 heavy (non-hydrogen) atoms. The lowest BCUT2D eigenvalue weighted by Crippen LogP contribution is -2.12. The fourth-order valence-corrected chi connectivity index (χ4v) is 3.07. The Kier molecular flexibility index (Phi) is 6.34. The molecule has 1 aromatic heterocycles. The van der Waals surface area contributed by atoms with Gasteiger partial charge in [0.2, 0.25) is 0 Å². The van der Waals surface area contributed by atoms with Gasteiger partial charge < -0.3 is 5.73 Å². The van der Waals surface area contributed by atoms with Gasteiger partial charge in [-0.2, -0.15) is 5.26 Å². The van der Waals surface area contributed by atoms with E-state index in [-0.39, 0.29) is 5.57 Å². The van der Waals surface area contributed by atoms with E-state index in [9.17, 15) is 4.79 Å². The van der Waals surface area contributed by atoms with Crippen molar-refractivity contribution < 1.29 is 4.79 Å². The Labute approximate surface area is 155 Å².